The smallest absolute Gasteiger partial charge is 0.188 e. The summed E-state index contributed by atoms with van der Waals surface area (Å²) in [6.45, 7) is 7.68. The Morgan fingerprint density at radius 1 is 1.42 bits per heavy atom. The van der Waals surface area contributed by atoms with Crippen molar-refractivity contribution in [3.05, 3.63) is 30.1 Å². The van der Waals surface area contributed by atoms with E-state index in [0.29, 0.717) is 5.96 Å². The van der Waals surface area contributed by atoms with Crippen LogP contribution in [0.2, 0.25) is 0 Å². The fourth-order valence-corrected chi connectivity index (χ4v) is 3.06. The minimum Gasteiger partial charge on any atom is -0.370 e. The lowest BCUT2D eigenvalue weighted by atomic mass is 10.0. The highest BCUT2D eigenvalue weighted by Crippen LogP contribution is 2.15. The zero-order valence-corrected chi connectivity index (χ0v) is 17.1. The van der Waals surface area contributed by atoms with Crippen molar-refractivity contribution in [3.63, 3.8) is 0 Å². The van der Waals surface area contributed by atoms with Gasteiger partial charge in [0.05, 0.1) is 0 Å². The average Bonchev–Trinajstić information content (AvgIpc) is 2.55. The van der Waals surface area contributed by atoms with Crippen LogP contribution < -0.4 is 11.1 Å². The zero-order valence-electron chi connectivity index (χ0n) is 14.8. The van der Waals surface area contributed by atoms with Crippen LogP contribution in [-0.4, -0.2) is 48.6 Å². The van der Waals surface area contributed by atoms with Crippen LogP contribution in [0, 0.1) is 5.92 Å². The third kappa shape index (κ3) is 8.82. The molecule has 136 valence electrons. The molecule has 0 spiro atoms. The van der Waals surface area contributed by atoms with Crippen molar-refractivity contribution in [2.24, 2.45) is 16.6 Å². The van der Waals surface area contributed by atoms with Gasteiger partial charge >= 0.3 is 0 Å². The Hall–Kier alpha value is -0.890. The first-order valence-corrected chi connectivity index (χ1v) is 8.90. The number of aromatic nitrogens is 1. The van der Waals surface area contributed by atoms with E-state index in [1.165, 1.54) is 38.9 Å². The van der Waals surface area contributed by atoms with Gasteiger partial charge in [-0.2, -0.15) is 0 Å². The fourth-order valence-electron chi connectivity index (χ4n) is 3.06. The molecule has 3 N–H and O–H groups in total. The largest absolute Gasteiger partial charge is 0.370 e. The van der Waals surface area contributed by atoms with Gasteiger partial charge in [0.25, 0.3) is 0 Å². The van der Waals surface area contributed by atoms with Gasteiger partial charge in [0.1, 0.15) is 0 Å². The summed E-state index contributed by atoms with van der Waals surface area (Å²) in [6, 6.07) is 5.95. The van der Waals surface area contributed by atoms with Crippen molar-refractivity contribution < 1.29 is 0 Å². The molecule has 1 aliphatic heterocycles. The molecule has 1 atom stereocenters. The van der Waals surface area contributed by atoms with Gasteiger partial charge in [-0.05, 0) is 56.8 Å². The number of aliphatic imine (C=N–C) groups is 1. The predicted octanol–water partition coefficient (Wildman–Crippen LogP) is 2.66. The van der Waals surface area contributed by atoms with Crippen LogP contribution in [0.4, 0.5) is 0 Å². The van der Waals surface area contributed by atoms with Gasteiger partial charge in [0.2, 0.25) is 0 Å². The topological polar surface area (TPSA) is 66.5 Å². The van der Waals surface area contributed by atoms with Gasteiger partial charge < -0.3 is 16.0 Å². The number of hydrogen-bond donors (Lipinski definition) is 2. The van der Waals surface area contributed by atoms with E-state index in [1.807, 2.05) is 24.4 Å². The summed E-state index contributed by atoms with van der Waals surface area (Å²) in [5, 5.41) is 3.15. The second kappa shape index (κ2) is 12.5. The maximum absolute atomic E-state index is 5.89. The number of unbranched alkanes of at least 4 members (excludes halogenated alkanes) is 1. The van der Waals surface area contributed by atoms with Crippen LogP contribution >= 0.6 is 24.0 Å². The zero-order chi connectivity index (χ0) is 16.3. The van der Waals surface area contributed by atoms with Crippen LogP contribution in [0.15, 0.2) is 29.4 Å². The summed E-state index contributed by atoms with van der Waals surface area (Å²) in [7, 11) is 0. The molecular formula is C18H32IN5. The van der Waals surface area contributed by atoms with Crippen LogP contribution in [0.1, 0.15) is 38.3 Å². The van der Waals surface area contributed by atoms with Gasteiger partial charge in [-0.15, -0.1) is 24.0 Å². The molecule has 1 aromatic rings. The molecule has 0 bridgehead atoms. The molecule has 1 saturated heterocycles. The molecule has 0 saturated carbocycles. The lowest BCUT2D eigenvalue weighted by Crippen LogP contribution is -2.35. The SMILES string of the molecule is CC1CCCN(CCCCN=C(N)NCCc2ccccn2)C1.I. The van der Waals surface area contributed by atoms with Gasteiger partial charge in [-0.1, -0.05) is 13.0 Å². The highest BCUT2D eigenvalue weighted by atomic mass is 127. The Kier molecular flexibility index (Phi) is 11.0. The first kappa shape index (κ1) is 21.2. The average molecular weight is 445 g/mol. The first-order chi connectivity index (χ1) is 11.2. The molecular weight excluding hydrogens is 413 g/mol. The van der Waals surface area contributed by atoms with Crippen LogP contribution in [0.5, 0.6) is 0 Å². The lowest BCUT2D eigenvalue weighted by Gasteiger charge is -2.30. The number of likely N-dealkylation sites (tertiary alicyclic amines) is 1. The highest BCUT2D eigenvalue weighted by Gasteiger charge is 2.15. The summed E-state index contributed by atoms with van der Waals surface area (Å²) in [5.74, 6) is 1.41. The molecule has 0 aliphatic carbocycles. The number of piperidine rings is 1. The molecule has 0 aromatic carbocycles. The molecule has 2 rings (SSSR count). The number of nitrogens with two attached hydrogens (primary N) is 1. The second-order valence-electron chi connectivity index (χ2n) is 6.52. The number of rotatable bonds is 8. The minimum atomic E-state index is 0. The van der Waals surface area contributed by atoms with E-state index in [4.69, 9.17) is 5.73 Å². The molecule has 1 aliphatic rings. The van der Waals surface area contributed by atoms with Crippen LogP contribution in [0.25, 0.3) is 0 Å². The van der Waals surface area contributed by atoms with Crippen molar-refractivity contribution in [2.75, 3.05) is 32.7 Å². The number of nitrogens with zero attached hydrogens (tertiary/aromatic N) is 3. The molecule has 6 heteroatoms. The Morgan fingerprint density at radius 2 is 2.29 bits per heavy atom. The molecule has 1 unspecified atom stereocenters. The van der Waals surface area contributed by atoms with E-state index in [9.17, 15) is 0 Å². The lowest BCUT2D eigenvalue weighted by molar-refractivity contribution is 0.181. The number of pyridine rings is 1. The Balaban J connectivity index is 0.00000288. The molecule has 1 fully saturated rings. The van der Waals surface area contributed by atoms with Gasteiger partial charge in [-0.3, -0.25) is 9.98 Å². The van der Waals surface area contributed by atoms with Crippen molar-refractivity contribution >= 4 is 29.9 Å². The third-order valence-electron chi connectivity index (χ3n) is 4.32. The molecule has 5 nitrogen and oxygen atoms in total. The fraction of sp³-hybridized carbons (Fsp3) is 0.667. The van der Waals surface area contributed by atoms with Gasteiger partial charge in [0, 0.05) is 37.9 Å². The van der Waals surface area contributed by atoms with E-state index in [1.54, 1.807) is 0 Å². The molecule has 24 heavy (non-hydrogen) atoms. The Morgan fingerprint density at radius 3 is 3.04 bits per heavy atom. The van der Waals surface area contributed by atoms with Gasteiger partial charge in [0.15, 0.2) is 5.96 Å². The van der Waals surface area contributed by atoms with Crippen molar-refractivity contribution in [1.82, 2.24) is 15.2 Å². The van der Waals surface area contributed by atoms with Crippen molar-refractivity contribution in [3.8, 4) is 0 Å². The molecule has 1 aromatic heterocycles. The molecule has 0 radical (unpaired) electrons. The Bertz CT molecular complexity index is 466. The number of guanidine groups is 1. The van der Waals surface area contributed by atoms with E-state index >= 15 is 0 Å². The Labute approximate surface area is 163 Å². The normalized spacial score (nSPS) is 18.9. The first-order valence-electron chi connectivity index (χ1n) is 8.90. The minimum absolute atomic E-state index is 0. The van der Waals surface area contributed by atoms with Crippen LogP contribution in [0.3, 0.4) is 0 Å². The van der Waals surface area contributed by atoms with E-state index < -0.39 is 0 Å². The second-order valence-corrected chi connectivity index (χ2v) is 6.52. The van der Waals surface area contributed by atoms with Crippen LogP contribution in [-0.2, 0) is 6.42 Å². The summed E-state index contributed by atoms with van der Waals surface area (Å²) in [6.07, 6.45) is 7.74. The summed E-state index contributed by atoms with van der Waals surface area (Å²) >= 11 is 0. The number of hydrogen-bond acceptors (Lipinski definition) is 3. The summed E-state index contributed by atoms with van der Waals surface area (Å²) < 4.78 is 0. The quantitative estimate of drug-likeness (QED) is 0.280. The monoisotopic (exact) mass is 445 g/mol. The number of halogens is 1. The third-order valence-corrected chi connectivity index (χ3v) is 4.32. The highest BCUT2D eigenvalue weighted by molar-refractivity contribution is 14.0. The standard InChI is InChI=1S/C18H31N5.HI/c1-16-7-6-14-23(15-16)13-5-4-11-21-18(19)22-12-9-17-8-2-3-10-20-17;/h2-3,8,10,16H,4-7,9,11-15H2,1H3,(H3,19,21,22);1H. The maximum atomic E-state index is 5.89. The van der Waals surface area contributed by atoms with E-state index in [-0.39, 0.29) is 24.0 Å². The van der Waals surface area contributed by atoms with Gasteiger partial charge in [-0.25, -0.2) is 0 Å². The number of nitrogens with one attached hydrogen (secondary N) is 1. The maximum Gasteiger partial charge on any atom is 0.188 e. The summed E-state index contributed by atoms with van der Waals surface area (Å²) in [5.41, 5.74) is 6.96. The molecule has 2 heterocycles. The molecule has 0 amide bonds. The van der Waals surface area contributed by atoms with E-state index in [0.717, 1.165) is 37.5 Å². The van der Waals surface area contributed by atoms with E-state index in [2.05, 4.69) is 27.1 Å². The van der Waals surface area contributed by atoms with Crippen molar-refractivity contribution in [1.29, 1.82) is 0 Å². The van der Waals surface area contributed by atoms with Crippen molar-refractivity contribution in [2.45, 2.75) is 39.0 Å². The predicted molar refractivity (Wildman–Crippen MR) is 112 cm³/mol. The summed E-state index contributed by atoms with van der Waals surface area (Å²) in [4.78, 5) is 11.3.